The van der Waals surface area contributed by atoms with Gasteiger partial charge in [0.25, 0.3) is 5.92 Å². The van der Waals surface area contributed by atoms with Gasteiger partial charge in [-0.25, -0.2) is 18.3 Å². The molecule has 0 amide bonds. The Labute approximate surface area is 204 Å². The number of aliphatic hydroxyl groups excluding tert-OH is 1. The van der Waals surface area contributed by atoms with Crippen LogP contribution in [0.2, 0.25) is 0 Å². The quantitative estimate of drug-likeness (QED) is 0.376. The summed E-state index contributed by atoms with van der Waals surface area (Å²) >= 11 is 0. The molecular formula is C23H25F2N7O4. The number of alkyl halides is 2. The van der Waals surface area contributed by atoms with Crippen molar-refractivity contribution in [3.05, 3.63) is 43.0 Å². The van der Waals surface area contributed by atoms with E-state index in [0.717, 1.165) is 0 Å². The van der Waals surface area contributed by atoms with Crippen molar-refractivity contribution in [2.45, 2.75) is 18.4 Å². The molecule has 0 spiro atoms. The van der Waals surface area contributed by atoms with E-state index >= 15 is 0 Å². The smallest absolute Gasteiger partial charge is 0.267 e. The number of hydrogen-bond donors (Lipinski definition) is 2. The van der Waals surface area contributed by atoms with Crippen molar-refractivity contribution in [2.75, 3.05) is 44.7 Å². The lowest BCUT2D eigenvalue weighted by Gasteiger charge is -2.24. The fourth-order valence-corrected chi connectivity index (χ4v) is 4.35. The Hall–Kier alpha value is -4.13. The highest BCUT2D eigenvalue weighted by atomic mass is 19.3. The van der Waals surface area contributed by atoms with Gasteiger partial charge in [-0.3, -0.25) is 0 Å². The number of nitrogens with zero attached hydrogens (tertiary/aromatic N) is 6. The van der Waals surface area contributed by atoms with Gasteiger partial charge in [0.1, 0.15) is 11.8 Å². The number of aliphatic hydroxyl groups is 1. The highest BCUT2D eigenvalue weighted by Crippen LogP contribution is 2.40. The van der Waals surface area contributed by atoms with Gasteiger partial charge in [-0.2, -0.15) is 4.98 Å². The first-order valence-corrected chi connectivity index (χ1v) is 11.1. The Morgan fingerprint density at radius 2 is 1.92 bits per heavy atom. The number of ether oxygens (including phenoxy) is 3. The third-order valence-electron chi connectivity index (χ3n) is 6.00. The van der Waals surface area contributed by atoms with Gasteiger partial charge in [0, 0.05) is 24.8 Å². The minimum absolute atomic E-state index is 0.163. The van der Waals surface area contributed by atoms with E-state index in [4.69, 9.17) is 14.2 Å². The zero-order valence-electron chi connectivity index (χ0n) is 19.9. The van der Waals surface area contributed by atoms with Crippen molar-refractivity contribution in [1.29, 1.82) is 0 Å². The van der Waals surface area contributed by atoms with Crippen LogP contribution in [-0.4, -0.2) is 75.7 Å². The second-order valence-corrected chi connectivity index (χ2v) is 8.30. The molecule has 1 fully saturated rings. The molecule has 0 aliphatic carbocycles. The van der Waals surface area contributed by atoms with Crippen LogP contribution in [0.15, 0.2) is 43.0 Å². The molecule has 11 nitrogen and oxygen atoms in total. The second kappa shape index (κ2) is 9.15. The Morgan fingerprint density at radius 1 is 1.17 bits per heavy atom. The van der Waals surface area contributed by atoms with Crippen LogP contribution in [0.4, 0.5) is 26.4 Å². The summed E-state index contributed by atoms with van der Waals surface area (Å²) in [5.41, 5.74) is 1.26. The summed E-state index contributed by atoms with van der Waals surface area (Å²) in [6.07, 6.45) is 4.55. The van der Waals surface area contributed by atoms with E-state index < -0.39 is 31.5 Å². The summed E-state index contributed by atoms with van der Waals surface area (Å²) in [7, 11) is 4.60. The zero-order chi connectivity index (χ0) is 25.4. The Morgan fingerprint density at radius 3 is 2.58 bits per heavy atom. The molecule has 1 saturated heterocycles. The molecular weight excluding hydrogens is 476 g/mol. The topological polar surface area (TPSA) is 111 Å². The molecule has 1 aliphatic heterocycles. The SMILES string of the molecule is COc1cc(-n2cnc(Nc3nc(N4CC(F)(F)C[C@H]4CO)c4cccn4n3)c2)cc(OC)c1OC. The second-order valence-electron chi connectivity index (χ2n) is 8.30. The van der Waals surface area contributed by atoms with Gasteiger partial charge in [-0.1, -0.05) is 0 Å². The van der Waals surface area contributed by atoms with Crippen LogP contribution >= 0.6 is 0 Å². The zero-order valence-corrected chi connectivity index (χ0v) is 19.9. The van der Waals surface area contributed by atoms with E-state index in [-0.39, 0.29) is 5.95 Å². The Kier molecular flexibility index (Phi) is 6.00. The molecule has 0 bridgehead atoms. The summed E-state index contributed by atoms with van der Waals surface area (Å²) in [6.45, 7) is -0.945. The van der Waals surface area contributed by atoms with E-state index in [0.29, 0.717) is 40.1 Å². The normalized spacial score (nSPS) is 16.9. The number of aromatic nitrogens is 5. The molecule has 0 unspecified atom stereocenters. The van der Waals surface area contributed by atoms with Gasteiger partial charge in [-0.05, 0) is 12.1 Å². The summed E-state index contributed by atoms with van der Waals surface area (Å²) < 4.78 is 47.8. The predicted octanol–water partition coefficient (Wildman–Crippen LogP) is 2.89. The molecule has 190 valence electrons. The van der Waals surface area contributed by atoms with E-state index in [1.54, 1.807) is 52.1 Å². The number of halogens is 2. The van der Waals surface area contributed by atoms with Gasteiger partial charge in [0.15, 0.2) is 23.1 Å². The molecule has 1 atom stereocenters. The average molecular weight is 501 g/mol. The van der Waals surface area contributed by atoms with Gasteiger partial charge >= 0.3 is 0 Å². The van der Waals surface area contributed by atoms with Gasteiger partial charge < -0.3 is 34.1 Å². The average Bonchev–Trinajstić information content (AvgIpc) is 3.60. The molecule has 1 aromatic carbocycles. The molecule has 36 heavy (non-hydrogen) atoms. The standard InChI is InChI=1S/C23H25F2N7O4/c1-34-17-7-14(8-18(35-2)20(17)36-3)30-10-19(26-13-30)27-22-28-21(16-5-4-6-32(16)29-22)31-12-23(24,25)9-15(31)11-33/h4-8,10,13,15,33H,9,11-12H2,1-3H3,(H,27,29)/t15-/m0/s1. The van der Waals surface area contributed by atoms with E-state index in [1.807, 2.05) is 0 Å². The first-order chi connectivity index (χ1) is 17.4. The number of imidazole rings is 1. The molecule has 3 aromatic heterocycles. The van der Waals surface area contributed by atoms with Crippen molar-refractivity contribution in [3.8, 4) is 22.9 Å². The maximum absolute atomic E-state index is 14.2. The maximum Gasteiger partial charge on any atom is 0.267 e. The van der Waals surface area contributed by atoms with Crippen molar-refractivity contribution in [2.24, 2.45) is 0 Å². The van der Waals surface area contributed by atoms with E-state index in [9.17, 15) is 13.9 Å². The van der Waals surface area contributed by atoms with Crippen LogP contribution in [0.1, 0.15) is 6.42 Å². The van der Waals surface area contributed by atoms with Crippen molar-refractivity contribution in [1.82, 2.24) is 24.1 Å². The number of anilines is 3. The van der Waals surface area contributed by atoms with Crippen LogP contribution in [0.5, 0.6) is 17.2 Å². The lowest BCUT2D eigenvalue weighted by molar-refractivity contribution is 0.0201. The van der Waals surface area contributed by atoms with Crippen molar-refractivity contribution in [3.63, 3.8) is 0 Å². The van der Waals surface area contributed by atoms with Crippen LogP contribution < -0.4 is 24.4 Å². The Balaban J connectivity index is 1.47. The number of rotatable bonds is 8. The fourth-order valence-electron chi connectivity index (χ4n) is 4.35. The molecule has 4 heterocycles. The lowest BCUT2D eigenvalue weighted by Crippen LogP contribution is -2.34. The number of benzene rings is 1. The maximum atomic E-state index is 14.2. The first-order valence-electron chi connectivity index (χ1n) is 11.1. The first kappa shape index (κ1) is 23.6. The molecule has 4 aromatic rings. The third-order valence-corrected chi connectivity index (χ3v) is 6.00. The fraction of sp³-hybridized carbons (Fsp3) is 0.348. The molecule has 1 aliphatic rings. The van der Waals surface area contributed by atoms with Crippen LogP contribution in [0.3, 0.4) is 0 Å². The monoisotopic (exact) mass is 501 g/mol. The van der Waals surface area contributed by atoms with Gasteiger partial charge in [-0.15, -0.1) is 5.10 Å². The van der Waals surface area contributed by atoms with Crippen LogP contribution in [0.25, 0.3) is 11.2 Å². The number of fused-ring (bicyclic) bond motifs is 1. The molecule has 0 radical (unpaired) electrons. The minimum atomic E-state index is -2.92. The summed E-state index contributed by atoms with van der Waals surface area (Å²) in [5.74, 6) is -0.588. The van der Waals surface area contributed by atoms with Gasteiger partial charge in [0.05, 0.1) is 52.4 Å². The summed E-state index contributed by atoms with van der Waals surface area (Å²) in [5, 5.41) is 17.2. The van der Waals surface area contributed by atoms with Crippen LogP contribution in [0, 0.1) is 0 Å². The highest BCUT2D eigenvalue weighted by Gasteiger charge is 2.46. The number of methoxy groups -OCH3 is 3. The predicted molar refractivity (Wildman–Crippen MR) is 127 cm³/mol. The summed E-state index contributed by atoms with van der Waals surface area (Å²) in [6, 6.07) is 6.29. The molecule has 5 rings (SSSR count). The summed E-state index contributed by atoms with van der Waals surface area (Å²) in [4.78, 5) is 10.3. The highest BCUT2D eigenvalue weighted by molar-refractivity contribution is 5.71. The third kappa shape index (κ3) is 4.21. The van der Waals surface area contributed by atoms with E-state index in [1.165, 1.54) is 26.2 Å². The Bertz CT molecular complexity index is 1370. The van der Waals surface area contributed by atoms with Crippen molar-refractivity contribution >= 4 is 23.1 Å². The number of hydrogen-bond acceptors (Lipinski definition) is 9. The van der Waals surface area contributed by atoms with Gasteiger partial charge in [0.2, 0.25) is 11.7 Å². The van der Waals surface area contributed by atoms with Crippen molar-refractivity contribution < 1.29 is 28.1 Å². The van der Waals surface area contributed by atoms with E-state index in [2.05, 4.69) is 20.4 Å². The minimum Gasteiger partial charge on any atom is -0.493 e. The molecule has 0 saturated carbocycles. The number of nitrogens with one attached hydrogen (secondary N) is 1. The lowest BCUT2D eigenvalue weighted by atomic mass is 10.2. The van der Waals surface area contributed by atoms with Crippen LogP contribution in [-0.2, 0) is 0 Å². The molecule has 2 N–H and O–H groups in total. The largest absolute Gasteiger partial charge is 0.493 e. The molecule has 13 heteroatoms.